The molecule has 2 heterocycles. The largest absolute Gasteiger partial charge is 0.481 e. The van der Waals surface area contributed by atoms with E-state index in [9.17, 15) is 9.18 Å². The number of nitrogens with one attached hydrogen (secondary N) is 1. The van der Waals surface area contributed by atoms with Crippen LogP contribution in [0.3, 0.4) is 0 Å². The van der Waals surface area contributed by atoms with Crippen molar-refractivity contribution >= 4 is 34.2 Å². The van der Waals surface area contributed by atoms with Crippen molar-refractivity contribution in [2.24, 2.45) is 0 Å². The van der Waals surface area contributed by atoms with Crippen LogP contribution >= 0.6 is 11.6 Å². The Bertz CT molecular complexity index is 1300. The number of aromatic nitrogens is 3. The fourth-order valence-corrected chi connectivity index (χ4v) is 4.00. The molecule has 0 aliphatic rings. The summed E-state index contributed by atoms with van der Waals surface area (Å²) in [5.41, 5.74) is 4.64. The summed E-state index contributed by atoms with van der Waals surface area (Å²) in [5, 5.41) is 8.49. The molecule has 4 rings (SSSR count). The number of methoxy groups -OCH3 is 1. The Kier molecular flexibility index (Phi) is 6.10. The van der Waals surface area contributed by atoms with Crippen LogP contribution in [0.4, 0.5) is 10.1 Å². The van der Waals surface area contributed by atoms with E-state index < -0.39 is 5.82 Å². The second-order valence-electron chi connectivity index (χ2n) is 7.43. The zero-order chi connectivity index (χ0) is 22.8. The Balaban J connectivity index is 1.63. The van der Waals surface area contributed by atoms with E-state index in [2.05, 4.69) is 10.4 Å². The first-order chi connectivity index (χ1) is 15.4. The van der Waals surface area contributed by atoms with Crippen LogP contribution in [-0.2, 0) is 11.2 Å². The van der Waals surface area contributed by atoms with Crippen molar-refractivity contribution in [2.75, 3.05) is 12.4 Å². The predicted octanol–water partition coefficient (Wildman–Crippen LogP) is 5.41. The standard InChI is InChI=1S/C24H22ClFN4O2/c1-14-18(10-12-21(31)27-20-11-9-16(26)13-19(20)25)24(32-3)28-23-22(14)15(2)29-30(23)17-7-5-4-6-8-17/h4-9,11,13H,10,12H2,1-3H3,(H,27,31). The fraction of sp³-hybridized carbons (Fsp3) is 0.208. The lowest BCUT2D eigenvalue weighted by atomic mass is 10.0. The number of nitrogens with zero attached hydrogens (tertiary/aromatic N) is 3. The molecule has 0 unspecified atom stereocenters. The van der Waals surface area contributed by atoms with Gasteiger partial charge in [0.1, 0.15) is 5.82 Å². The van der Waals surface area contributed by atoms with Gasteiger partial charge < -0.3 is 10.1 Å². The molecule has 0 saturated carbocycles. The van der Waals surface area contributed by atoms with E-state index in [-0.39, 0.29) is 17.4 Å². The number of ether oxygens (including phenoxy) is 1. The maximum atomic E-state index is 13.2. The van der Waals surface area contributed by atoms with Gasteiger partial charge in [0.2, 0.25) is 11.8 Å². The zero-order valence-electron chi connectivity index (χ0n) is 17.9. The zero-order valence-corrected chi connectivity index (χ0v) is 18.7. The van der Waals surface area contributed by atoms with Crippen LogP contribution in [0.2, 0.25) is 5.02 Å². The number of fused-ring (bicyclic) bond motifs is 1. The number of para-hydroxylation sites is 1. The third-order valence-electron chi connectivity index (χ3n) is 5.33. The van der Waals surface area contributed by atoms with Crippen molar-refractivity contribution in [3.8, 4) is 11.6 Å². The van der Waals surface area contributed by atoms with Crippen molar-refractivity contribution in [2.45, 2.75) is 26.7 Å². The first kappa shape index (κ1) is 21.8. The van der Waals surface area contributed by atoms with Gasteiger partial charge >= 0.3 is 0 Å². The number of carbonyl (C=O) groups is 1. The lowest BCUT2D eigenvalue weighted by Gasteiger charge is -2.13. The molecule has 1 N–H and O–H groups in total. The summed E-state index contributed by atoms with van der Waals surface area (Å²) in [6, 6.07) is 13.6. The molecule has 8 heteroatoms. The molecule has 0 spiro atoms. The highest BCUT2D eigenvalue weighted by molar-refractivity contribution is 6.33. The minimum absolute atomic E-state index is 0.152. The van der Waals surface area contributed by atoms with Crippen LogP contribution in [0.15, 0.2) is 48.5 Å². The van der Waals surface area contributed by atoms with Crippen LogP contribution < -0.4 is 10.1 Å². The molecule has 1 amide bonds. The van der Waals surface area contributed by atoms with Crippen molar-refractivity contribution in [3.05, 3.63) is 76.2 Å². The number of rotatable bonds is 6. The molecule has 6 nitrogen and oxygen atoms in total. The average molecular weight is 453 g/mol. The lowest BCUT2D eigenvalue weighted by molar-refractivity contribution is -0.116. The quantitative estimate of drug-likeness (QED) is 0.424. The number of halogens is 2. The number of benzene rings is 2. The molecule has 0 bridgehead atoms. The summed E-state index contributed by atoms with van der Waals surface area (Å²) in [4.78, 5) is 17.2. The molecule has 0 atom stereocenters. The maximum Gasteiger partial charge on any atom is 0.224 e. The molecule has 32 heavy (non-hydrogen) atoms. The van der Waals surface area contributed by atoms with Gasteiger partial charge in [0.15, 0.2) is 5.65 Å². The van der Waals surface area contributed by atoms with Crippen LogP contribution in [-0.4, -0.2) is 27.8 Å². The molecule has 164 valence electrons. The Morgan fingerprint density at radius 3 is 2.62 bits per heavy atom. The summed E-state index contributed by atoms with van der Waals surface area (Å²) in [6.45, 7) is 3.93. The normalized spacial score (nSPS) is 11.0. The van der Waals surface area contributed by atoms with Crippen LogP contribution in [0, 0.1) is 19.7 Å². The first-order valence-electron chi connectivity index (χ1n) is 10.1. The molecule has 2 aromatic heterocycles. The number of aryl methyl sites for hydroxylation is 2. The Hall–Kier alpha value is -3.45. The van der Waals surface area contributed by atoms with Crippen molar-refractivity contribution < 1.29 is 13.9 Å². The lowest BCUT2D eigenvalue weighted by Crippen LogP contribution is -2.13. The summed E-state index contributed by atoms with van der Waals surface area (Å²) in [5.74, 6) is -0.240. The Morgan fingerprint density at radius 1 is 1.19 bits per heavy atom. The van der Waals surface area contributed by atoms with Gasteiger partial charge in [-0.05, 0) is 56.2 Å². The van der Waals surface area contributed by atoms with Crippen LogP contribution in [0.25, 0.3) is 16.7 Å². The average Bonchev–Trinajstić information content (AvgIpc) is 3.12. The smallest absolute Gasteiger partial charge is 0.224 e. The molecule has 0 aliphatic heterocycles. The summed E-state index contributed by atoms with van der Waals surface area (Å²) >= 11 is 6.01. The SMILES string of the molecule is COc1nc2c(c(C)nn2-c2ccccc2)c(C)c1CCC(=O)Nc1ccc(F)cc1Cl. The van der Waals surface area contributed by atoms with E-state index >= 15 is 0 Å². The van der Waals surface area contributed by atoms with Gasteiger partial charge in [-0.1, -0.05) is 29.8 Å². The number of pyridine rings is 1. The minimum Gasteiger partial charge on any atom is -0.481 e. The number of amides is 1. The van der Waals surface area contributed by atoms with Gasteiger partial charge in [-0.15, -0.1) is 0 Å². The van der Waals surface area contributed by atoms with Gasteiger partial charge in [0.05, 0.1) is 29.2 Å². The fourth-order valence-electron chi connectivity index (χ4n) is 3.79. The molecule has 2 aromatic carbocycles. The molecule has 0 fully saturated rings. The number of carbonyl (C=O) groups excluding carboxylic acids is 1. The number of anilines is 1. The number of hydrogen-bond acceptors (Lipinski definition) is 4. The van der Waals surface area contributed by atoms with E-state index in [1.165, 1.54) is 12.1 Å². The highest BCUT2D eigenvalue weighted by Gasteiger charge is 2.20. The van der Waals surface area contributed by atoms with Crippen molar-refractivity contribution in [1.82, 2.24) is 14.8 Å². The third kappa shape index (κ3) is 4.16. The van der Waals surface area contributed by atoms with E-state index in [0.29, 0.717) is 23.6 Å². The molecular formula is C24H22ClFN4O2. The second-order valence-corrected chi connectivity index (χ2v) is 7.84. The van der Waals surface area contributed by atoms with Gasteiger partial charge in [-0.3, -0.25) is 4.79 Å². The predicted molar refractivity (Wildman–Crippen MR) is 123 cm³/mol. The third-order valence-corrected chi connectivity index (χ3v) is 5.64. The van der Waals surface area contributed by atoms with Crippen molar-refractivity contribution in [3.63, 3.8) is 0 Å². The Labute approximate surface area is 190 Å². The molecule has 0 saturated heterocycles. The highest BCUT2D eigenvalue weighted by Crippen LogP contribution is 2.32. The minimum atomic E-state index is -0.459. The maximum absolute atomic E-state index is 13.2. The number of hydrogen-bond donors (Lipinski definition) is 1. The summed E-state index contributed by atoms with van der Waals surface area (Å²) < 4.78 is 20.6. The van der Waals surface area contributed by atoms with Gasteiger partial charge in [0.25, 0.3) is 0 Å². The van der Waals surface area contributed by atoms with E-state index in [4.69, 9.17) is 21.3 Å². The molecular weight excluding hydrogens is 431 g/mol. The van der Waals surface area contributed by atoms with E-state index in [0.717, 1.165) is 34.0 Å². The van der Waals surface area contributed by atoms with Gasteiger partial charge in [0, 0.05) is 17.4 Å². The first-order valence-corrected chi connectivity index (χ1v) is 10.5. The van der Waals surface area contributed by atoms with Crippen LogP contribution in [0.1, 0.15) is 23.2 Å². The van der Waals surface area contributed by atoms with Gasteiger partial charge in [-0.25, -0.2) is 9.07 Å². The molecule has 0 radical (unpaired) electrons. The summed E-state index contributed by atoms with van der Waals surface area (Å²) in [7, 11) is 1.56. The molecule has 4 aromatic rings. The second kappa shape index (κ2) is 8.96. The van der Waals surface area contributed by atoms with Gasteiger partial charge in [-0.2, -0.15) is 10.1 Å². The van der Waals surface area contributed by atoms with E-state index in [1.807, 2.05) is 44.2 Å². The Morgan fingerprint density at radius 2 is 1.94 bits per heavy atom. The van der Waals surface area contributed by atoms with Crippen molar-refractivity contribution in [1.29, 1.82) is 0 Å². The van der Waals surface area contributed by atoms with E-state index in [1.54, 1.807) is 11.8 Å². The monoisotopic (exact) mass is 452 g/mol. The molecule has 0 aliphatic carbocycles. The van der Waals surface area contributed by atoms with Crippen LogP contribution in [0.5, 0.6) is 5.88 Å². The summed E-state index contributed by atoms with van der Waals surface area (Å²) in [6.07, 6.45) is 0.600. The highest BCUT2D eigenvalue weighted by atomic mass is 35.5. The topological polar surface area (TPSA) is 69.0 Å².